The smallest absolute Gasteiger partial charge is 0.411 e. The van der Waals surface area contributed by atoms with Crippen molar-refractivity contribution in [2.75, 3.05) is 18.9 Å². The Labute approximate surface area is 176 Å². The first-order valence-corrected chi connectivity index (χ1v) is 8.85. The number of amides is 1. The van der Waals surface area contributed by atoms with E-state index in [4.69, 9.17) is 10.5 Å². The summed E-state index contributed by atoms with van der Waals surface area (Å²) in [6.45, 7) is -2.70. The Balaban J connectivity index is 1.89. The van der Waals surface area contributed by atoms with Gasteiger partial charge in [-0.1, -0.05) is 0 Å². The molecule has 14 heteroatoms. The van der Waals surface area contributed by atoms with Gasteiger partial charge in [0.05, 0.1) is 12.4 Å². The van der Waals surface area contributed by atoms with Gasteiger partial charge in [-0.05, 0) is 18.2 Å². The fourth-order valence-electron chi connectivity index (χ4n) is 3.00. The molecule has 1 amide bonds. The van der Waals surface area contributed by atoms with Crippen molar-refractivity contribution in [3.63, 3.8) is 0 Å². The topological polar surface area (TPSA) is 112 Å². The second-order valence-corrected chi connectivity index (χ2v) is 6.60. The average molecular weight is 463 g/mol. The highest BCUT2D eigenvalue weighted by Crippen LogP contribution is 2.42. The van der Waals surface area contributed by atoms with Crippen LogP contribution in [-0.4, -0.2) is 47.7 Å². The molecule has 3 N–H and O–H groups in total. The molecule has 2 heterocycles. The third-order valence-corrected chi connectivity index (χ3v) is 4.48. The molecular formula is C18H15F6N5O3. The Kier molecular flexibility index (Phi) is 6.41. The van der Waals surface area contributed by atoms with Gasteiger partial charge in [0.1, 0.15) is 18.2 Å². The molecule has 172 valence electrons. The molecule has 0 bridgehead atoms. The fraction of sp³-hybridized carbons (Fsp3) is 0.333. The van der Waals surface area contributed by atoms with E-state index in [1.807, 2.05) is 0 Å². The largest absolute Gasteiger partial charge is 0.451 e. The number of benzene rings is 1. The second-order valence-electron chi connectivity index (χ2n) is 6.60. The number of hydrogen-bond acceptors (Lipinski definition) is 7. The Bertz CT molecular complexity index is 1020. The lowest BCUT2D eigenvalue weighted by atomic mass is 9.86. The molecule has 1 aliphatic rings. The Morgan fingerprint density at radius 2 is 2.03 bits per heavy atom. The molecule has 0 fully saturated rings. The number of carbonyl (C=O) groups excluding carboxylic acids is 1. The van der Waals surface area contributed by atoms with Gasteiger partial charge >= 0.3 is 6.18 Å². The van der Waals surface area contributed by atoms with E-state index in [9.17, 15) is 31.1 Å². The zero-order valence-electron chi connectivity index (χ0n) is 16.0. The lowest BCUT2D eigenvalue weighted by Gasteiger charge is -2.38. The summed E-state index contributed by atoms with van der Waals surface area (Å²) >= 11 is 0. The van der Waals surface area contributed by atoms with E-state index in [0.717, 1.165) is 30.6 Å². The minimum Gasteiger partial charge on any atom is -0.451 e. The number of carbonyl (C=O) groups is 1. The maximum Gasteiger partial charge on any atom is 0.411 e. The molecule has 0 aliphatic carbocycles. The van der Waals surface area contributed by atoms with Crippen LogP contribution in [-0.2, 0) is 10.3 Å². The minimum absolute atomic E-state index is 0.0987. The van der Waals surface area contributed by atoms with Gasteiger partial charge < -0.3 is 20.5 Å². The predicted octanol–water partition coefficient (Wildman–Crippen LogP) is 3.00. The number of aromatic nitrogens is 2. The van der Waals surface area contributed by atoms with Crippen LogP contribution in [0.15, 0.2) is 35.6 Å². The molecule has 0 radical (unpaired) electrons. The first kappa shape index (κ1) is 23.1. The van der Waals surface area contributed by atoms with Crippen molar-refractivity contribution in [3.8, 4) is 5.88 Å². The van der Waals surface area contributed by atoms with E-state index < -0.39 is 61.1 Å². The van der Waals surface area contributed by atoms with Gasteiger partial charge in [0.2, 0.25) is 12.7 Å². The van der Waals surface area contributed by atoms with E-state index in [1.54, 1.807) is 0 Å². The summed E-state index contributed by atoms with van der Waals surface area (Å²) < 4.78 is 89.7. The molecule has 0 spiro atoms. The van der Waals surface area contributed by atoms with Crippen molar-refractivity contribution < 1.29 is 40.6 Å². The van der Waals surface area contributed by atoms with E-state index in [1.165, 1.54) is 0 Å². The van der Waals surface area contributed by atoms with Crippen molar-refractivity contribution >= 4 is 17.6 Å². The van der Waals surface area contributed by atoms with Gasteiger partial charge in [-0.15, -0.1) is 0 Å². The van der Waals surface area contributed by atoms with Crippen LogP contribution >= 0.6 is 0 Å². The molecule has 8 nitrogen and oxygen atoms in total. The molecule has 0 saturated carbocycles. The number of rotatable bonds is 6. The first-order chi connectivity index (χ1) is 15.1. The predicted molar refractivity (Wildman–Crippen MR) is 97.8 cm³/mol. The van der Waals surface area contributed by atoms with Gasteiger partial charge in [0.25, 0.3) is 11.9 Å². The van der Waals surface area contributed by atoms with Crippen LogP contribution < -0.4 is 15.8 Å². The van der Waals surface area contributed by atoms with Crippen LogP contribution in [0.4, 0.5) is 32.0 Å². The van der Waals surface area contributed by atoms with Gasteiger partial charge in [0, 0.05) is 17.7 Å². The summed E-state index contributed by atoms with van der Waals surface area (Å²) in [7, 11) is 0. The summed E-state index contributed by atoms with van der Waals surface area (Å²) in [6.07, 6.45) is -3.97. The van der Waals surface area contributed by atoms with Crippen molar-refractivity contribution in [1.82, 2.24) is 9.97 Å². The molecule has 1 aliphatic heterocycles. The molecule has 3 rings (SSSR count). The van der Waals surface area contributed by atoms with Gasteiger partial charge in [-0.2, -0.15) is 13.2 Å². The second kappa shape index (κ2) is 8.88. The molecular weight excluding hydrogens is 448 g/mol. The summed E-state index contributed by atoms with van der Waals surface area (Å²) in [6, 6.07) is -0.522. The lowest BCUT2D eigenvalue weighted by molar-refractivity contribution is -0.167. The molecule has 2 aromatic rings. The van der Waals surface area contributed by atoms with Gasteiger partial charge in [0.15, 0.2) is 11.6 Å². The zero-order valence-corrected chi connectivity index (χ0v) is 16.0. The molecule has 32 heavy (non-hydrogen) atoms. The number of nitrogens with zero attached hydrogens (tertiary/aromatic N) is 3. The summed E-state index contributed by atoms with van der Waals surface area (Å²) in [4.78, 5) is 22.8. The van der Waals surface area contributed by atoms with Gasteiger partial charge in [-0.25, -0.2) is 28.1 Å². The number of nitrogens with one attached hydrogen (secondary N) is 1. The SMILES string of the molecule is NC1=N[C@H](C(F)(F)F)C[C@@](CF)(c2cc(NC(=O)c3cnc(OCF)cn3)ccc2F)O1. The quantitative estimate of drug-likeness (QED) is 0.638. The van der Waals surface area contributed by atoms with E-state index in [0.29, 0.717) is 0 Å². The fourth-order valence-corrected chi connectivity index (χ4v) is 3.00. The number of alkyl halides is 5. The van der Waals surface area contributed by atoms with Crippen LogP contribution in [0.5, 0.6) is 5.88 Å². The van der Waals surface area contributed by atoms with Crippen LogP contribution in [0.2, 0.25) is 0 Å². The number of halogens is 6. The highest BCUT2D eigenvalue weighted by Gasteiger charge is 2.52. The highest BCUT2D eigenvalue weighted by atomic mass is 19.4. The lowest BCUT2D eigenvalue weighted by Crippen LogP contribution is -2.48. The average Bonchev–Trinajstić information content (AvgIpc) is 2.74. The van der Waals surface area contributed by atoms with Crippen molar-refractivity contribution in [3.05, 3.63) is 47.7 Å². The standard InChI is InChI=1S/C18H15F6N5O3/c19-7-17(4-13(18(22,23)24)29-16(25)32-17)10-3-9(1-2-11(10)21)28-15(30)12-5-27-14(6-26-12)31-8-20/h1-3,5-6,13H,4,7-8H2,(H2,25,29)(H,28,30)/t13-,17+/m0/s1. The van der Waals surface area contributed by atoms with Crippen LogP contribution in [0.25, 0.3) is 0 Å². The highest BCUT2D eigenvalue weighted by molar-refractivity contribution is 6.02. The third-order valence-electron chi connectivity index (χ3n) is 4.48. The first-order valence-electron chi connectivity index (χ1n) is 8.85. The van der Waals surface area contributed by atoms with E-state index >= 15 is 0 Å². The minimum atomic E-state index is -4.87. The zero-order chi connectivity index (χ0) is 23.5. The number of anilines is 1. The number of aliphatic imine (C=N–C) groups is 1. The van der Waals surface area contributed by atoms with E-state index in [-0.39, 0.29) is 17.3 Å². The summed E-state index contributed by atoms with van der Waals surface area (Å²) in [5.41, 5.74) is 1.97. The van der Waals surface area contributed by atoms with Gasteiger partial charge in [-0.3, -0.25) is 4.79 Å². The number of ether oxygens (including phenoxy) is 2. The Morgan fingerprint density at radius 3 is 2.62 bits per heavy atom. The van der Waals surface area contributed by atoms with Crippen LogP contribution in [0.1, 0.15) is 22.5 Å². The Morgan fingerprint density at radius 1 is 1.28 bits per heavy atom. The molecule has 1 aromatic carbocycles. The van der Waals surface area contributed by atoms with Crippen molar-refractivity contribution in [1.29, 1.82) is 0 Å². The maximum atomic E-state index is 14.5. The molecule has 0 unspecified atom stereocenters. The monoisotopic (exact) mass is 463 g/mol. The molecule has 1 aromatic heterocycles. The third kappa shape index (κ3) is 4.84. The number of nitrogens with two attached hydrogens (primary N) is 1. The number of amidine groups is 1. The van der Waals surface area contributed by atoms with Crippen LogP contribution in [0, 0.1) is 5.82 Å². The van der Waals surface area contributed by atoms with Crippen molar-refractivity contribution in [2.24, 2.45) is 10.7 Å². The van der Waals surface area contributed by atoms with E-state index in [2.05, 4.69) is 25.0 Å². The number of hydrogen-bond donors (Lipinski definition) is 2. The molecule has 2 atom stereocenters. The maximum absolute atomic E-state index is 14.5. The normalized spacial score (nSPS) is 20.8. The molecule has 0 saturated heterocycles. The van der Waals surface area contributed by atoms with Crippen LogP contribution in [0.3, 0.4) is 0 Å². The Hall–Kier alpha value is -3.58. The summed E-state index contributed by atoms with van der Waals surface area (Å²) in [5.74, 6) is -2.09. The summed E-state index contributed by atoms with van der Waals surface area (Å²) in [5, 5.41) is 2.33. The van der Waals surface area contributed by atoms with Crippen molar-refractivity contribution in [2.45, 2.75) is 24.2 Å².